The number of aliphatic carboxylic acids is 4. The van der Waals surface area contributed by atoms with Crippen molar-refractivity contribution in [3.8, 4) is 0 Å². The van der Waals surface area contributed by atoms with E-state index >= 15 is 0 Å². The van der Waals surface area contributed by atoms with E-state index in [1.807, 2.05) is 16.0 Å². The topological polar surface area (TPSA) is 702 Å². The molecule has 1 saturated heterocycles. The van der Waals surface area contributed by atoms with Gasteiger partial charge in [-0.1, -0.05) is 88.4 Å². The average Bonchev–Trinajstić information content (AvgIpc) is 1.59. The number of nitrogens with one attached hydrogen (secondary N) is 14. The number of ketones is 1. The zero-order chi connectivity index (χ0) is 89.0. The minimum Gasteiger partial charge on any atom is -0.481 e. The second-order valence-electron chi connectivity index (χ2n) is 28.5. The molecule has 14 amide bonds. The summed E-state index contributed by atoms with van der Waals surface area (Å²) in [4.78, 5) is 278. The van der Waals surface area contributed by atoms with Crippen LogP contribution in [-0.2, 0) is 104 Å². The number of aliphatic hydroxyl groups is 1. The molecule has 5 rings (SSSR count). The number of para-hydroxylation sites is 2. The summed E-state index contributed by atoms with van der Waals surface area (Å²) in [5.74, 6) is -30.1. The summed E-state index contributed by atoms with van der Waals surface area (Å²) in [7, 11) is 0. The molecule has 43 heteroatoms. The number of amides is 14. The van der Waals surface area contributed by atoms with Crippen molar-refractivity contribution in [2.24, 2.45) is 17.4 Å². The van der Waals surface area contributed by atoms with E-state index in [0.29, 0.717) is 16.5 Å². The Hall–Kier alpha value is -13.5. The Labute approximate surface area is 686 Å². The number of carboxylic acid groups (broad SMARTS) is 4. The third kappa shape index (κ3) is 31.9. The number of hydrogen-bond donors (Lipinski definition) is 22. The van der Waals surface area contributed by atoms with E-state index in [9.17, 15) is 121 Å². The van der Waals surface area contributed by atoms with Crippen molar-refractivity contribution >= 4 is 135 Å². The number of nitrogen functional groups attached to an aromatic ring is 1. The summed E-state index contributed by atoms with van der Waals surface area (Å²) in [6, 6.07) is -4.15. The summed E-state index contributed by atoms with van der Waals surface area (Å²) in [6.45, 7) is 1.14. The second-order valence-corrected chi connectivity index (χ2v) is 28.5. The second kappa shape index (κ2) is 48.3. The number of cyclic esters (lactones) is 1. The monoisotopic (exact) mass is 1680 g/mol. The zero-order valence-electron chi connectivity index (χ0n) is 66.2. The molecule has 0 aliphatic carbocycles. The molecular weight excluding hydrogens is 1580 g/mol. The molecule has 2 heterocycles. The number of esters is 1. The largest absolute Gasteiger partial charge is 0.481 e. The molecule has 0 radical (unpaired) electrons. The van der Waals surface area contributed by atoms with Crippen molar-refractivity contribution in [3.05, 3.63) is 101 Å². The molecule has 25 N–H and O–H groups in total. The van der Waals surface area contributed by atoms with Gasteiger partial charge in [-0.2, -0.15) is 0 Å². The third-order valence-corrected chi connectivity index (χ3v) is 18.9. The molecule has 13 atom stereocenters. The van der Waals surface area contributed by atoms with Gasteiger partial charge in [-0.05, 0) is 93.5 Å². The number of unbranched alkanes of at least 4 members (excludes halogenated alkanes) is 5. The van der Waals surface area contributed by atoms with Crippen molar-refractivity contribution in [1.82, 2.24) is 74.1 Å². The van der Waals surface area contributed by atoms with Crippen molar-refractivity contribution < 1.29 is 126 Å². The number of aromatic nitrogens is 1. The van der Waals surface area contributed by atoms with Crippen molar-refractivity contribution in [3.63, 3.8) is 0 Å². The first kappa shape index (κ1) is 97.1. The quantitative estimate of drug-likeness (QED) is 0.00893. The fourth-order valence-corrected chi connectivity index (χ4v) is 12.4. The summed E-state index contributed by atoms with van der Waals surface area (Å²) < 4.78 is 5.70. The molecule has 1 aliphatic rings. The lowest BCUT2D eigenvalue weighted by atomic mass is 9.96. The first-order chi connectivity index (χ1) is 56.8. The van der Waals surface area contributed by atoms with Gasteiger partial charge in [0.15, 0.2) is 5.78 Å². The van der Waals surface area contributed by atoms with E-state index in [2.05, 4.69) is 65.1 Å². The number of aromatic amines is 1. The summed E-state index contributed by atoms with van der Waals surface area (Å²) in [5.41, 5.74) is 19.1. The van der Waals surface area contributed by atoms with Crippen LogP contribution in [0.25, 0.3) is 10.9 Å². The summed E-state index contributed by atoms with van der Waals surface area (Å²) in [5, 5.41) is 78.8. The normalized spacial score (nSPS) is 20.8. The minimum atomic E-state index is -2.46. The molecule has 0 spiro atoms. The molecule has 1 fully saturated rings. The maximum Gasteiger partial charge on any atom is 0.329 e. The fraction of sp³-hybridized carbons (Fsp3) is 0.481. The van der Waals surface area contributed by atoms with Crippen molar-refractivity contribution in [1.29, 1.82) is 0 Å². The number of benzene rings is 3. The lowest BCUT2D eigenvalue weighted by Gasteiger charge is -2.30. The highest BCUT2D eigenvalue weighted by Gasteiger charge is 2.41. The molecule has 0 saturated carbocycles. The number of carbonyl (C=O) groups excluding carboxylic acids is 16. The lowest BCUT2D eigenvalue weighted by Crippen LogP contribution is -2.62. The van der Waals surface area contributed by atoms with E-state index in [1.54, 1.807) is 54.7 Å². The van der Waals surface area contributed by atoms with Gasteiger partial charge in [0.25, 0.3) is 5.91 Å². The van der Waals surface area contributed by atoms with Crippen LogP contribution in [-0.4, -0.2) is 248 Å². The highest BCUT2D eigenvalue weighted by molar-refractivity contribution is 6.06. The van der Waals surface area contributed by atoms with E-state index in [-0.39, 0.29) is 36.2 Å². The van der Waals surface area contributed by atoms with Crippen LogP contribution in [0.3, 0.4) is 0 Å². The molecule has 120 heavy (non-hydrogen) atoms. The molecular formula is C77H103N17O26. The van der Waals surface area contributed by atoms with Crippen LogP contribution in [0.4, 0.5) is 5.69 Å². The van der Waals surface area contributed by atoms with Gasteiger partial charge >= 0.3 is 29.8 Å². The van der Waals surface area contributed by atoms with Gasteiger partial charge in [-0.25, -0.2) is 4.79 Å². The van der Waals surface area contributed by atoms with Gasteiger partial charge in [0.1, 0.15) is 72.6 Å². The summed E-state index contributed by atoms with van der Waals surface area (Å²) >= 11 is 0. The van der Waals surface area contributed by atoms with Gasteiger partial charge < -0.3 is 122 Å². The van der Waals surface area contributed by atoms with Crippen LogP contribution in [0.1, 0.15) is 149 Å². The van der Waals surface area contributed by atoms with Gasteiger partial charge in [-0.15, -0.1) is 0 Å². The number of Topliss-reactive ketones (excluding diaryl/α,β-unsaturated/α-hetero) is 1. The average molecular weight is 1680 g/mol. The molecule has 3 aromatic carbocycles. The van der Waals surface area contributed by atoms with Crippen molar-refractivity contribution in [2.75, 3.05) is 32.0 Å². The predicted octanol–water partition coefficient (Wildman–Crippen LogP) is -4.55. The van der Waals surface area contributed by atoms with Crippen LogP contribution in [0.2, 0.25) is 0 Å². The number of fused-ring (bicyclic) bond motifs is 1. The number of aliphatic hydroxyl groups excluding tert-OH is 1. The van der Waals surface area contributed by atoms with Crippen LogP contribution >= 0.6 is 0 Å². The molecule has 1 aromatic heterocycles. The molecule has 652 valence electrons. The number of aryl methyl sites for hydroxylation is 1. The Balaban J connectivity index is 1.60. The lowest BCUT2D eigenvalue weighted by molar-refractivity contribution is -0.156. The Morgan fingerprint density at radius 1 is 0.542 bits per heavy atom. The number of primary amides is 1. The van der Waals surface area contributed by atoms with E-state index in [1.165, 1.54) is 24.3 Å². The Morgan fingerprint density at radius 3 is 1.70 bits per heavy atom. The van der Waals surface area contributed by atoms with Gasteiger partial charge in [0.05, 0.1) is 51.8 Å². The minimum absolute atomic E-state index is 0.0981. The van der Waals surface area contributed by atoms with Crippen LogP contribution in [0, 0.1) is 5.92 Å². The smallest absolute Gasteiger partial charge is 0.329 e. The number of rotatable bonds is 35. The molecule has 43 nitrogen and oxygen atoms in total. The Kier molecular flexibility index (Phi) is 39.1. The van der Waals surface area contributed by atoms with Crippen LogP contribution in [0.5, 0.6) is 0 Å². The standard InChI is InChI=1S/C77H103N17O26/c1-5-6-7-8-9-10-16-41-22-24-42(25-23-41)67(109)88-49(28-43-34-81-47-20-14-12-17-44(43)47)71(113)89-50(30-57(80)97)72(114)91-53(33-63(106)107)73(115)94-65-40(4)120-77(119)54(29-56(96)45-18-11-13-19-46(45)79)92-76(118)64(38(2)27-60(100)101)93-74(116)55(37-95)86-59(99)35-82-68(110)51(31-61(102)103)87-66(108)39(3)84-70(112)52(32-62(104)105)90-69(111)48(21-15-26-78)85-58(98)36-83-75(65)117/h11-14,17-20,22-25,34,38-40,48-55,64-65,81,95H,5-10,15-16,21,26-33,35-37,78-79H2,1-4H3,(H2,80,97)(H,82,110)(H,83,117)(H,84,112)(H,85,98)(H,86,99)(H,87,108)(H,88,109)(H,89,113)(H,90,111)(H,91,114)(H,92,118)(H,93,116)(H,94,115)(H,100,101)(H,102,103)(H,104,105)(H,106,107)/t38-,39-,40-,48+,49+,50-,51+,52+,53+,54+,55-,64+,65+/m1/s1. The first-order valence-corrected chi connectivity index (χ1v) is 38.4. The maximum atomic E-state index is 14.9. The molecule has 0 unspecified atom stereocenters. The number of H-pyrrole nitrogens is 1. The highest BCUT2D eigenvalue weighted by atomic mass is 16.5. The number of carbonyl (C=O) groups is 20. The van der Waals surface area contributed by atoms with Gasteiger partial charge in [0.2, 0.25) is 76.8 Å². The number of anilines is 1. The number of nitrogens with two attached hydrogens (primary N) is 3. The zero-order valence-corrected chi connectivity index (χ0v) is 66.2. The predicted molar refractivity (Wildman–Crippen MR) is 420 cm³/mol. The number of ether oxygens (including phenoxy) is 1. The Bertz CT molecular complexity index is 4400. The van der Waals surface area contributed by atoms with E-state index in [4.69, 9.17) is 21.9 Å². The van der Waals surface area contributed by atoms with Crippen LogP contribution in [0.15, 0.2) is 79.0 Å². The Morgan fingerprint density at radius 2 is 1.09 bits per heavy atom. The fourth-order valence-electron chi connectivity index (χ4n) is 12.4. The van der Waals surface area contributed by atoms with E-state index < -0.39 is 261 Å². The number of carboxylic acids is 4. The SMILES string of the molecule is CCCCCCCCc1ccc(C(=O)N[C@@H](Cc2c[nH]c3ccccc23)C(=O)N[C@H](CC(N)=O)C(=O)N[C@@H](CC(=O)O)C(=O)N[C@@H]2C(=O)NCC(=O)N[C@@H](CCCN)C(=O)N[C@@H](CC(=O)O)C(=O)N[C@H](C)C(=O)N[C@@H](CC(=O)O)C(=O)NCC(=O)N[C@H](CO)C(=O)N[C@@H]([C@H](C)CC(=O)O)C(=O)N[C@@H](CC(=O)c3ccccc3N)C(=O)O[C@@H]2C)cc1. The molecule has 4 aromatic rings. The van der Waals surface area contributed by atoms with E-state index in [0.717, 1.165) is 71.3 Å². The molecule has 1 aliphatic heterocycles. The molecule has 0 bridgehead atoms. The van der Waals surface area contributed by atoms with Gasteiger partial charge in [-0.3, -0.25) is 91.1 Å². The first-order valence-electron chi connectivity index (χ1n) is 38.4. The summed E-state index contributed by atoms with van der Waals surface area (Å²) in [6.07, 6.45) is -1.42. The number of hydrogen-bond acceptors (Lipinski definition) is 24. The maximum absolute atomic E-state index is 14.9. The van der Waals surface area contributed by atoms with Crippen LogP contribution < -0.4 is 86.3 Å². The van der Waals surface area contributed by atoms with Gasteiger partial charge in [0, 0.05) is 46.8 Å². The van der Waals surface area contributed by atoms with Crippen molar-refractivity contribution in [2.45, 2.75) is 203 Å². The third-order valence-electron chi connectivity index (χ3n) is 18.9. The highest BCUT2D eigenvalue weighted by Crippen LogP contribution is 2.22.